The van der Waals surface area contributed by atoms with Crippen LogP contribution in [-0.2, 0) is 0 Å². The molecule has 0 bridgehead atoms. The molecule has 1 saturated heterocycles. The van der Waals surface area contributed by atoms with Gasteiger partial charge in [0.2, 0.25) is 0 Å². The van der Waals surface area contributed by atoms with E-state index >= 15 is 0 Å². The Morgan fingerprint density at radius 1 is 1.19 bits per heavy atom. The highest BCUT2D eigenvalue weighted by Gasteiger charge is 2.04. The number of nitrogens with one attached hydrogen (secondary N) is 1. The van der Waals surface area contributed by atoms with Gasteiger partial charge < -0.3 is 15.0 Å². The summed E-state index contributed by atoms with van der Waals surface area (Å²) in [6.07, 6.45) is 0. The average molecular weight is 222 g/mol. The molecule has 16 heavy (non-hydrogen) atoms. The quantitative estimate of drug-likeness (QED) is 0.822. The van der Waals surface area contributed by atoms with Gasteiger partial charge in [0.1, 0.15) is 5.75 Å². The molecule has 0 spiro atoms. The topological polar surface area (TPSA) is 24.5 Å². The van der Waals surface area contributed by atoms with Crippen LogP contribution in [-0.4, -0.2) is 44.7 Å². The van der Waals surface area contributed by atoms with Crippen LogP contribution in [0.1, 0.15) is 6.92 Å². The van der Waals surface area contributed by atoms with Crippen LogP contribution in [0.4, 0.5) is 0 Å². The van der Waals surface area contributed by atoms with E-state index in [1.807, 2.05) is 30.3 Å². The van der Waals surface area contributed by atoms with Gasteiger partial charge in [0.15, 0.2) is 0 Å². The number of methoxy groups -OCH3 is 1. The molecule has 1 aliphatic heterocycles. The third kappa shape index (κ3) is 5.14. The lowest BCUT2D eigenvalue weighted by atomic mass is 10.3. The van der Waals surface area contributed by atoms with Crippen molar-refractivity contribution in [3.8, 4) is 5.75 Å². The Morgan fingerprint density at radius 2 is 1.81 bits per heavy atom. The standard InChI is InChI=1S/C7H8O.C6H14N2/c1-8-7-5-3-2-4-6-7;1-2-8-5-3-7-4-6-8/h2-6H,1H3;7H,2-6H2,1H3. The summed E-state index contributed by atoms with van der Waals surface area (Å²) in [6.45, 7) is 8.24. The summed E-state index contributed by atoms with van der Waals surface area (Å²) in [5.41, 5.74) is 0. The minimum Gasteiger partial charge on any atom is -0.497 e. The second-order valence-electron chi connectivity index (χ2n) is 3.70. The predicted molar refractivity (Wildman–Crippen MR) is 68.0 cm³/mol. The number of rotatable bonds is 2. The minimum absolute atomic E-state index is 0.910. The van der Waals surface area contributed by atoms with Gasteiger partial charge in [-0.1, -0.05) is 25.1 Å². The normalized spacial score (nSPS) is 16.1. The van der Waals surface area contributed by atoms with Crippen LogP contribution in [0.25, 0.3) is 0 Å². The van der Waals surface area contributed by atoms with Crippen molar-refractivity contribution in [2.24, 2.45) is 0 Å². The Labute approximate surface area is 98.4 Å². The fourth-order valence-corrected chi connectivity index (χ4v) is 1.58. The van der Waals surface area contributed by atoms with Crippen LogP contribution < -0.4 is 10.1 Å². The number of benzene rings is 1. The maximum absolute atomic E-state index is 4.91. The Kier molecular flexibility index (Phi) is 6.61. The molecule has 2 rings (SSSR count). The molecule has 1 aromatic rings. The zero-order chi connectivity index (χ0) is 11.6. The van der Waals surface area contributed by atoms with Crippen molar-refractivity contribution in [1.29, 1.82) is 0 Å². The molecule has 0 amide bonds. The summed E-state index contributed by atoms with van der Waals surface area (Å²) >= 11 is 0. The molecular formula is C13H22N2O. The lowest BCUT2D eigenvalue weighted by Gasteiger charge is -2.25. The van der Waals surface area contributed by atoms with Crippen molar-refractivity contribution in [1.82, 2.24) is 10.2 Å². The number of piperazine rings is 1. The van der Waals surface area contributed by atoms with Crippen LogP contribution in [0.2, 0.25) is 0 Å². The van der Waals surface area contributed by atoms with Crippen molar-refractivity contribution in [2.75, 3.05) is 39.8 Å². The first kappa shape index (κ1) is 13.0. The highest BCUT2D eigenvalue weighted by Crippen LogP contribution is 2.05. The number of likely N-dealkylation sites (N-methyl/N-ethyl adjacent to an activating group) is 1. The number of hydrogen-bond donors (Lipinski definition) is 1. The van der Waals surface area contributed by atoms with Crippen molar-refractivity contribution < 1.29 is 4.74 Å². The molecule has 90 valence electrons. The maximum atomic E-state index is 4.91. The summed E-state index contributed by atoms with van der Waals surface area (Å²) in [7, 11) is 1.66. The highest BCUT2D eigenvalue weighted by atomic mass is 16.5. The van der Waals surface area contributed by atoms with Crippen LogP contribution >= 0.6 is 0 Å². The second-order valence-corrected chi connectivity index (χ2v) is 3.70. The first-order valence-electron chi connectivity index (χ1n) is 5.89. The van der Waals surface area contributed by atoms with Crippen LogP contribution in [0, 0.1) is 0 Å². The van der Waals surface area contributed by atoms with Crippen molar-refractivity contribution in [3.05, 3.63) is 30.3 Å². The summed E-state index contributed by atoms with van der Waals surface area (Å²) < 4.78 is 4.91. The van der Waals surface area contributed by atoms with Crippen LogP contribution in [0.5, 0.6) is 5.75 Å². The SMILES string of the molecule is CCN1CCNCC1.COc1ccccc1. The van der Waals surface area contributed by atoms with Crippen molar-refractivity contribution in [2.45, 2.75) is 6.92 Å². The Bertz CT molecular complexity index is 258. The molecule has 0 aliphatic carbocycles. The molecule has 1 N–H and O–H groups in total. The number of hydrogen-bond acceptors (Lipinski definition) is 3. The van der Waals surface area contributed by atoms with Crippen molar-refractivity contribution >= 4 is 0 Å². The van der Waals surface area contributed by atoms with Gasteiger partial charge in [0.05, 0.1) is 7.11 Å². The smallest absolute Gasteiger partial charge is 0.118 e. The molecule has 1 heterocycles. The lowest BCUT2D eigenvalue weighted by molar-refractivity contribution is 0.253. The van der Waals surface area contributed by atoms with E-state index in [1.54, 1.807) is 7.11 Å². The maximum Gasteiger partial charge on any atom is 0.118 e. The van der Waals surface area contributed by atoms with Gasteiger partial charge in [-0.05, 0) is 18.7 Å². The van der Waals surface area contributed by atoms with E-state index in [2.05, 4.69) is 17.1 Å². The van der Waals surface area contributed by atoms with Crippen molar-refractivity contribution in [3.63, 3.8) is 0 Å². The van der Waals surface area contributed by atoms with E-state index in [0.29, 0.717) is 0 Å². The summed E-state index contributed by atoms with van der Waals surface area (Å²) in [5, 5.41) is 3.31. The summed E-state index contributed by atoms with van der Waals surface area (Å²) in [4.78, 5) is 2.45. The lowest BCUT2D eigenvalue weighted by Crippen LogP contribution is -2.43. The molecule has 0 aromatic heterocycles. The van der Waals surface area contributed by atoms with Gasteiger partial charge in [-0.3, -0.25) is 0 Å². The first-order valence-corrected chi connectivity index (χ1v) is 5.89. The largest absolute Gasteiger partial charge is 0.497 e. The molecule has 3 nitrogen and oxygen atoms in total. The van der Waals surface area contributed by atoms with E-state index in [4.69, 9.17) is 4.74 Å². The van der Waals surface area contributed by atoms with E-state index in [-0.39, 0.29) is 0 Å². The van der Waals surface area contributed by atoms with Crippen LogP contribution in [0.3, 0.4) is 0 Å². The zero-order valence-corrected chi connectivity index (χ0v) is 10.3. The summed E-state index contributed by atoms with van der Waals surface area (Å²) in [5.74, 6) is 0.910. The molecular weight excluding hydrogens is 200 g/mol. The van der Waals surface area contributed by atoms with Crippen LogP contribution in [0.15, 0.2) is 30.3 Å². The minimum atomic E-state index is 0.910. The molecule has 0 unspecified atom stereocenters. The molecule has 1 aliphatic rings. The Morgan fingerprint density at radius 3 is 2.19 bits per heavy atom. The van der Waals surface area contributed by atoms with Gasteiger partial charge in [-0.25, -0.2) is 0 Å². The van der Waals surface area contributed by atoms with Gasteiger partial charge in [-0.15, -0.1) is 0 Å². The van der Waals surface area contributed by atoms with E-state index in [0.717, 1.165) is 5.75 Å². The fourth-order valence-electron chi connectivity index (χ4n) is 1.58. The van der Waals surface area contributed by atoms with Gasteiger partial charge in [0, 0.05) is 26.2 Å². The van der Waals surface area contributed by atoms with E-state index in [9.17, 15) is 0 Å². The number of para-hydroxylation sites is 1. The van der Waals surface area contributed by atoms with E-state index in [1.165, 1.54) is 32.7 Å². The average Bonchev–Trinajstić information content (AvgIpc) is 2.41. The third-order valence-corrected chi connectivity index (χ3v) is 2.64. The number of nitrogens with zero attached hydrogens (tertiary/aromatic N) is 1. The van der Waals surface area contributed by atoms with Gasteiger partial charge in [-0.2, -0.15) is 0 Å². The Hall–Kier alpha value is -1.06. The fraction of sp³-hybridized carbons (Fsp3) is 0.538. The van der Waals surface area contributed by atoms with E-state index < -0.39 is 0 Å². The predicted octanol–water partition coefficient (Wildman–Crippen LogP) is 1.61. The molecule has 0 atom stereocenters. The Balaban J connectivity index is 0.000000160. The monoisotopic (exact) mass is 222 g/mol. The highest BCUT2D eigenvalue weighted by molar-refractivity contribution is 5.20. The zero-order valence-electron chi connectivity index (χ0n) is 10.3. The third-order valence-electron chi connectivity index (χ3n) is 2.64. The first-order chi connectivity index (χ1) is 7.86. The van der Waals surface area contributed by atoms with Gasteiger partial charge in [0.25, 0.3) is 0 Å². The van der Waals surface area contributed by atoms with Gasteiger partial charge >= 0.3 is 0 Å². The molecule has 0 radical (unpaired) electrons. The second kappa shape index (κ2) is 8.13. The molecule has 0 saturated carbocycles. The summed E-state index contributed by atoms with van der Waals surface area (Å²) in [6, 6.07) is 9.68. The number of ether oxygens (including phenoxy) is 1. The molecule has 1 aromatic carbocycles. The molecule has 1 fully saturated rings. The molecule has 3 heteroatoms.